The van der Waals surface area contributed by atoms with Crippen LogP contribution >= 0.6 is 22.6 Å². The SMILES string of the molecule is Nc1cccc(-c2ncn(-c3ncncc3I)n2)c1. The molecule has 0 aliphatic heterocycles. The number of halogens is 1. The van der Waals surface area contributed by atoms with Gasteiger partial charge in [0.1, 0.15) is 12.7 Å². The summed E-state index contributed by atoms with van der Waals surface area (Å²) in [5, 5.41) is 4.41. The van der Waals surface area contributed by atoms with Crippen molar-refractivity contribution in [3.05, 3.63) is 46.7 Å². The third-order valence-electron chi connectivity index (χ3n) is 2.50. The van der Waals surface area contributed by atoms with Gasteiger partial charge in [0.05, 0.1) is 3.57 Å². The fourth-order valence-corrected chi connectivity index (χ4v) is 2.20. The van der Waals surface area contributed by atoms with Crippen LogP contribution in [0, 0.1) is 3.57 Å². The zero-order chi connectivity index (χ0) is 13.2. The Morgan fingerprint density at radius 3 is 2.89 bits per heavy atom. The maximum absolute atomic E-state index is 5.75. The highest BCUT2D eigenvalue weighted by Gasteiger charge is 2.09. The molecule has 3 aromatic rings. The van der Waals surface area contributed by atoms with Crippen LogP contribution < -0.4 is 5.73 Å². The normalized spacial score (nSPS) is 10.6. The van der Waals surface area contributed by atoms with E-state index in [-0.39, 0.29) is 0 Å². The van der Waals surface area contributed by atoms with Crippen molar-refractivity contribution in [2.45, 2.75) is 0 Å². The number of anilines is 1. The van der Waals surface area contributed by atoms with Crippen molar-refractivity contribution >= 4 is 28.3 Å². The molecule has 0 atom stereocenters. The van der Waals surface area contributed by atoms with Crippen LogP contribution in [-0.2, 0) is 0 Å². The molecule has 0 spiro atoms. The lowest BCUT2D eigenvalue weighted by molar-refractivity contribution is 0.833. The van der Waals surface area contributed by atoms with Gasteiger partial charge in [-0.25, -0.2) is 19.6 Å². The monoisotopic (exact) mass is 364 g/mol. The van der Waals surface area contributed by atoms with Crippen molar-refractivity contribution in [3.63, 3.8) is 0 Å². The summed E-state index contributed by atoms with van der Waals surface area (Å²) in [6, 6.07) is 7.46. The van der Waals surface area contributed by atoms with Crippen LogP contribution in [0.3, 0.4) is 0 Å². The van der Waals surface area contributed by atoms with E-state index in [1.54, 1.807) is 17.2 Å². The van der Waals surface area contributed by atoms with Gasteiger partial charge < -0.3 is 5.73 Å². The lowest BCUT2D eigenvalue weighted by Gasteiger charge is -2.00. The Bertz CT molecular complexity index is 723. The molecule has 2 aromatic heterocycles. The molecule has 0 fully saturated rings. The van der Waals surface area contributed by atoms with Crippen LogP contribution in [0.15, 0.2) is 43.1 Å². The van der Waals surface area contributed by atoms with E-state index in [4.69, 9.17) is 5.73 Å². The standard InChI is InChI=1S/C12H9IN6/c13-10-5-15-6-16-12(10)19-7-17-11(18-19)8-2-1-3-9(14)4-8/h1-7H,14H2. The van der Waals surface area contributed by atoms with E-state index >= 15 is 0 Å². The van der Waals surface area contributed by atoms with E-state index in [0.717, 1.165) is 9.13 Å². The molecule has 19 heavy (non-hydrogen) atoms. The second kappa shape index (κ2) is 4.92. The van der Waals surface area contributed by atoms with Gasteiger partial charge in [-0.05, 0) is 34.7 Å². The molecule has 2 heterocycles. The fraction of sp³-hybridized carbons (Fsp3) is 0. The van der Waals surface area contributed by atoms with Crippen molar-refractivity contribution < 1.29 is 0 Å². The van der Waals surface area contributed by atoms with Gasteiger partial charge in [-0.15, -0.1) is 5.10 Å². The van der Waals surface area contributed by atoms with Gasteiger partial charge in [-0.1, -0.05) is 12.1 Å². The van der Waals surface area contributed by atoms with E-state index in [0.29, 0.717) is 17.3 Å². The zero-order valence-electron chi connectivity index (χ0n) is 9.73. The molecular weight excluding hydrogens is 355 g/mol. The molecule has 0 radical (unpaired) electrons. The quantitative estimate of drug-likeness (QED) is 0.555. The molecule has 0 aliphatic rings. The summed E-state index contributed by atoms with van der Waals surface area (Å²) in [6.07, 6.45) is 4.84. The molecule has 94 valence electrons. The number of nitrogens with zero attached hydrogens (tertiary/aromatic N) is 5. The van der Waals surface area contributed by atoms with Gasteiger partial charge in [0.2, 0.25) is 0 Å². The predicted molar refractivity (Wildman–Crippen MR) is 79.5 cm³/mol. The Morgan fingerprint density at radius 2 is 2.11 bits per heavy atom. The molecule has 0 amide bonds. The number of hydrogen-bond donors (Lipinski definition) is 1. The van der Waals surface area contributed by atoms with Crippen molar-refractivity contribution in [2.75, 3.05) is 5.73 Å². The Morgan fingerprint density at radius 1 is 1.21 bits per heavy atom. The summed E-state index contributed by atoms with van der Waals surface area (Å²) >= 11 is 2.16. The van der Waals surface area contributed by atoms with Gasteiger partial charge in [-0.2, -0.15) is 0 Å². The van der Waals surface area contributed by atoms with Gasteiger partial charge in [0, 0.05) is 17.4 Å². The van der Waals surface area contributed by atoms with Crippen molar-refractivity contribution in [1.82, 2.24) is 24.7 Å². The number of nitrogen functional groups attached to an aromatic ring is 1. The summed E-state index contributed by atoms with van der Waals surface area (Å²) < 4.78 is 2.53. The number of hydrogen-bond acceptors (Lipinski definition) is 5. The molecule has 0 saturated heterocycles. The molecule has 0 unspecified atom stereocenters. The van der Waals surface area contributed by atoms with Crippen LogP contribution in [0.5, 0.6) is 0 Å². The van der Waals surface area contributed by atoms with Crippen LogP contribution in [0.25, 0.3) is 17.2 Å². The van der Waals surface area contributed by atoms with Gasteiger partial charge >= 0.3 is 0 Å². The molecule has 0 aliphatic carbocycles. The third kappa shape index (κ3) is 2.41. The van der Waals surface area contributed by atoms with Crippen LogP contribution in [-0.4, -0.2) is 24.7 Å². The minimum atomic E-state index is 0.613. The fourth-order valence-electron chi connectivity index (χ4n) is 1.65. The van der Waals surface area contributed by atoms with Crippen molar-refractivity contribution in [3.8, 4) is 17.2 Å². The summed E-state index contributed by atoms with van der Waals surface area (Å²) in [6.45, 7) is 0. The van der Waals surface area contributed by atoms with Crippen LogP contribution in [0.2, 0.25) is 0 Å². The number of aromatic nitrogens is 5. The molecule has 6 nitrogen and oxygen atoms in total. The average Bonchev–Trinajstić information content (AvgIpc) is 2.89. The summed E-state index contributed by atoms with van der Waals surface area (Å²) in [5.41, 5.74) is 7.32. The molecule has 7 heteroatoms. The van der Waals surface area contributed by atoms with E-state index < -0.39 is 0 Å². The Labute approximate surface area is 122 Å². The first-order valence-electron chi connectivity index (χ1n) is 5.47. The van der Waals surface area contributed by atoms with E-state index in [9.17, 15) is 0 Å². The summed E-state index contributed by atoms with van der Waals surface area (Å²) in [5.74, 6) is 1.32. The minimum absolute atomic E-state index is 0.613. The summed E-state index contributed by atoms with van der Waals surface area (Å²) in [4.78, 5) is 12.4. The molecule has 2 N–H and O–H groups in total. The van der Waals surface area contributed by atoms with Crippen molar-refractivity contribution in [2.24, 2.45) is 0 Å². The maximum atomic E-state index is 5.75. The molecular formula is C12H9IN6. The van der Waals surface area contributed by atoms with Crippen LogP contribution in [0.4, 0.5) is 5.69 Å². The first-order valence-corrected chi connectivity index (χ1v) is 6.55. The number of rotatable bonds is 2. The van der Waals surface area contributed by atoms with Gasteiger partial charge in [-0.3, -0.25) is 0 Å². The highest BCUT2D eigenvalue weighted by Crippen LogP contribution is 2.18. The zero-order valence-corrected chi connectivity index (χ0v) is 11.9. The second-order valence-corrected chi connectivity index (χ2v) is 4.99. The third-order valence-corrected chi connectivity index (χ3v) is 3.26. The minimum Gasteiger partial charge on any atom is -0.399 e. The van der Waals surface area contributed by atoms with Crippen molar-refractivity contribution in [1.29, 1.82) is 0 Å². The van der Waals surface area contributed by atoms with Gasteiger partial charge in [0.15, 0.2) is 11.6 Å². The largest absolute Gasteiger partial charge is 0.399 e. The first kappa shape index (κ1) is 12.0. The lowest BCUT2D eigenvalue weighted by Crippen LogP contribution is -2.01. The number of nitrogens with two attached hydrogens (primary N) is 1. The van der Waals surface area contributed by atoms with Crippen LogP contribution in [0.1, 0.15) is 0 Å². The van der Waals surface area contributed by atoms with E-state index in [1.165, 1.54) is 6.33 Å². The predicted octanol–water partition coefficient (Wildman–Crippen LogP) is 1.91. The topological polar surface area (TPSA) is 82.5 Å². The molecule has 1 aromatic carbocycles. The average molecular weight is 364 g/mol. The first-order chi connectivity index (χ1) is 9.24. The highest BCUT2D eigenvalue weighted by atomic mass is 127. The number of benzene rings is 1. The molecule has 3 rings (SSSR count). The Hall–Kier alpha value is -2.03. The Kier molecular flexibility index (Phi) is 3.11. The van der Waals surface area contributed by atoms with E-state index in [2.05, 4.69) is 42.6 Å². The molecule has 0 bridgehead atoms. The lowest BCUT2D eigenvalue weighted by atomic mass is 10.2. The highest BCUT2D eigenvalue weighted by molar-refractivity contribution is 14.1. The molecule has 0 saturated carbocycles. The summed E-state index contributed by atoms with van der Waals surface area (Å²) in [7, 11) is 0. The maximum Gasteiger partial charge on any atom is 0.181 e. The van der Waals surface area contributed by atoms with Gasteiger partial charge in [0.25, 0.3) is 0 Å². The smallest absolute Gasteiger partial charge is 0.181 e. The second-order valence-electron chi connectivity index (χ2n) is 3.83. The van der Waals surface area contributed by atoms with E-state index in [1.807, 2.05) is 24.3 Å². The Balaban J connectivity index is 2.03.